The number of hydrogen-bond acceptors (Lipinski definition) is 15. The Kier molecular flexibility index (Phi) is 19.3. The van der Waals surface area contributed by atoms with Crippen LogP contribution in [0.4, 0.5) is 24.5 Å². The number of amides is 3. The molecule has 26 heteroatoms. The third kappa shape index (κ3) is 14.9. The number of nitrogens with one attached hydrogen (secondary N) is 4. The van der Waals surface area contributed by atoms with Crippen LogP contribution in [0.25, 0.3) is 32.6 Å². The van der Waals surface area contributed by atoms with Crippen LogP contribution in [0.3, 0.4) is 0 Å². The summed E-state index contributed by atoms with van der Waals surface area (Å²) in [5.41, 5.74) is 4.86. The van der Waals surface area contributed by atoms with Crippen LogP contribution in [0.15, 0.2) is 84.6 Å². The van der Waals surface area contributed by atoms with Gasteiger partial charge in [-0.3, -0.25) is 38.4 Å². The second-order valence-electron chi connectivity index (χ2n) is 24.1. The molecule has 4 fully saturated rings. The number of aromatic amines is 1. The zero-order chi connectivity index (χ0) is 62.6. The molecule has 3 aromatic heterocycles. The molecular formula is C62H72F3N11O10S2. The maximum Gasteiger partial charge on any atom is 0.306 e. The SMILES string of the molecule is Cc1ncsc1-c1ccc(CNC(=O)[C@@H]2C[C@@H](OC(=O)CCC(=O)O)CN2C(=O)C(NC(=O)CN2CCN(CC3CCN(c4ccc(-c5cnc6[nH]cc(C(=O)c7c(F)ccc(NS(=O)(=O)N8CC[C@@H](F)C8)c7F)c6c5)cc4)CC3)CC2)C(C)(C)C)cc1. The summed E-state index contributed by atoms with van der Waals surface area (Å²) in [5.74, 6) is -6.35. The summed E-state index contributed by atoms with van der Waals surface area (Å²) >= 11 is 1.54. The fourth-order valence-electron chi connectivity index (χ4n) is 11.9. The summed E-state index contributed by atoms with van der Waals surface area (Å²) < 4.78 is 79.1. The van der Waals surface area contributed by atoms with Crippen LogP contribution >= 0.6 is 11.3 Å². The lowest BCUT2D eigenvalue weighted by Crippen LogP contribution is -2.59. The number of esters is 1. The van der Waals surface area contributed by atoms with Crippen molar-refractivity contribution >= 4 is 79.4 Å². The van der Waals surface area contributed by atoms with Gasteiger partial charge in [0, 0.05) is 106 Å². The highest BCUT2D eigenvalue weighted by atomic mass is 32.2. The number of halogens is 3. The minimum atomic E-state index is -4.39. The van der Waals surface area contributed by atoms with Gasteiger partial charge in [-0.25, -0.2) is 23.1 Å². The van der Waals surface area contributed by atoms with E-state index in [1.54, 1.807) is 17.8 Å². The van der Waals surface area contributed by atoms with Gasteiger partial charge < -0.3 is 40.2 Å². The maximum absolute atomic E-state index is 15.9. The molecule has 6 aromatic rings. The smallest absolute Gasteiger partial charge is 0.306 e. The third-order valence-electron chi connectivity index (χ3n) is 16.8. The van der Waals surface area contributed by atoms with E-state index < -0.39 is 105 Å². The second kappa shape index (κ2) is 26.9. The number of piperazine rings is 1. The number of ether oxygens (including phenoxy) is 1. The molecule has 21 nitrogen and oxygen atoms in total. The molecule has 88 heavy (non-hydrogen) atoms. The van der Waals surface area contributed by atoms with Crippen molar-refractivity contribution in [2.24, 2.45) is 11.3 Å². The summed E-state index contributed by atoms with van der Waals surface area (Å²) in [6.07, 6.45) is 1.83. The average Bonchev–Trinajstić information content (AvgIpc) is 2.02. The predicted molar refractivity (Wildman–Crippen MR) is 325 cm³/mol. The largest absolute Gasteiger partial charge is 0.481 e. The van der Waals surface area contributed by atoms with Gasteiger partial charge in [-0.1, -0.05) is 57.2 Å². The number of H-pyrrole nitrogens is 1. The van der Waals surface area contributed by atoms with Crippen molar-refractivity contribution in [2.75, 3.05) is 81.6 Å². The second-order valence-corrected chi connectivity index (χ2v) is 26.7. The normalized spacial score (nSPS) is 19.4. The van der Waals surface area contributed by atoms with Gasteiger partial charge in [0.05, 0.1) is 53.3 Å². The standard InChI is InChI=1S/C62H72F3N11O10S2/c1-37-57(87-36-69-37)41-7-5-38(6-8-41)29-68-60(82)50-28-45(86-53(80)16-15-52(78)79)34-76(50)61(83)58(62(2,3)4)70-51(77)35-73-25-23-72(24-26-73)32-39-17-20-74(21-18-39)44-11-9-40(10-12-44)42-27-46-47(31-67-59(46)66-30-42)56(81)54-48(64)13-14-49(55(54)65)71-88(84,85)75-22-19-43(63)33-75/h5-14,27,30-31,36,39,43,45,50,58,71H,15-26,28-29,32-35H2,1-4H3,(H,66,67)(H,68,82)(H,70,77)(H,78,79)/t43-,45-,50+,58?/m1/s1. The predicted octanol–water partition coefficient (Wildman–Crippen LogP) is 6.93. The van der Waals surface area contributed by atoms with Gasteiger partial charge in [0.25, 0.3) is 0 Å². The Hall–Kier alpha value is -7.78. The van der Waals surface area contributed by atoms with E-state index in [1.807, 2.05) is 80.9 Å². The van der Waals surface area contributed by atoms with Crippen LogP contribution in [0, 0.1) is 29.9 Å². The van der Waals surface area contributed by atoms with Crippen LogP contribution in [-0.2, 0) is 45.5 Å². The molecular weight excluding hydrogens is 1180 g/mol. The molecule has 4 aliphatic rings. The summed E-state index contributed by atoms with van der Waals surface area (Å²) in [4.78, 5) is 101. The first-order valence-electron chi connectivity index (χ1n) is 29.5. The number of carboxylic acids is 1. The average molecular weight is 1250 g/mol. The molecule has 0 radical (unpaired) electrons. The summed E-state index contributed by atoms with van der Waals surface area (Å²) in [6.45, 7) is 12.5. The fourth-order valence-corrected chi connectivity index (χ4v) is 14.0. The summed E-state index contributed by atoms with van der Waals surface area (Å²) in [6, 6.07) is 17.0. The lowest BCUT2D eigenvalue weighted by atomic mass is 9.85. The van der Waals surface area contributed by atoms with Gasteiger partial charge in [-0.2, -0.15) is 12.7 Å². The highest BCUT2D eigenvalue weighted by Crippen LogP contribution is 2.34. The Balaban J connectivity index is 0.696. The Morgan fingerprint density at radius 1 is 0.852 bits per heavy atom. The molecule has 468 valence electrons. The third-order valence-corrected chi connectivity index (χ3v) is 19.3. The van der Waals surface area contributed by atoms with Gasteiger partial charge in [0.2, 0.25) is 23.5 Å². The van der Waals surface area contributed by atoms with Gasteiger partial charge in [0.15, 0.2) is 5.82 Å². The van der Waals surface area contributed by atoms with Gasteiger partial charge >= 0.3 is 22.1 Å². The molecule has 4 saturated heterocycles. The van der Waals surface area contributed by atoms with E-state index in [0.29, 0.717) is 35.6 Å². The lowest BCUT2D eigenvalue weighted by Gasteiger charge is -2.39. The molecule has 1 unspecified atom stereocenters. The molecule has 7 heterocycles. The zero-order valence-electron chi connectivity index (χ0n) is 49.4. The minimum absolute atomic E-state index is 0.00641. The minimum Gasteiger partial charge on any atom is -0.481 e. The number of alkyl halides is 1. The Bertz CT molecular complexity index is 3680. The number of aliphatic carboxylic acids is 1. The zero-order valence-corrected chi connectivity index (χ0v) is 51.0. The quantitative estimate of drug-likeness (QED) is 0.0362. The number of aryl methyl sites for hydroxylation is 1. The number of carbonyl (C=O) groups excluding carboxylic acids is 5. The maximum atomic E-state index is 15.9. The molecule has 4 aliphatic heterocycles. The topological polar surface area (TPSA) is 260 Å². The van der Waals surface area contributed by atoms with E-state index in [9.17, 15) is 41.6 Å². The Morgan fingerprint density at radius 2 is 1.56 bits per heavy atom. The molecule has 10 rings (SSSR count). The molecule has 3 aromatic carbocycles. The number of carboxylic acid groups (broad SMARTS) is 1. The molecule has 0 bridgehead atoms. The van der Waals surface area contributed by atoms with E-state index in [0.717, 1.165) is 95.0 Å². The first-order valence-corrected chi connectivity index (χ1v) is 31.8. The van der Waals surface area contributed by atoms with Crippen molar-refractivity contribution in [3.63, 3.8) is 0 Å². The van der Waals surface area contributed by atoms with E-state index in [4.69, 9.17) is 9.84 Å². The highest BCUT2D eigenvalue weighted by molar-refractivity contribution is 7.90. The van der Waals surface area contributed by atoms with Gasteiger partial charge in [-0.15, -0.1) is 11.3 Å². The van der Waals surface area contributed by atoms with Gasteiger partial charge in [0.1, 0.15) is 35.8 Å². The van der Waals surface area contributed by atoms with Crippen LogP contribution in [0.1, 0.15) is 86.5 Å². The number of piperidine rings is 1. The molecule has 0 spiro atoms. The molecule has 4 atom stereocenters. The van der Waals surface area contributed by atoms with Crippen molar-refractivity contribution in [3.8, 4) is 21.6 Å². The number of ketones is 1. The highest BCUT2D eigenvalue weighted by Gasteiger charge is 2.46. The number of rotatable bonds is 21. The van der Waals surface area contributed by atoms with E-state index >= 15 is 8.78 Å². The summed E-state index contributed by atoms with van der Waals surface area (Å²) in [7, 11) is -4.39. The van der Waals surface area contributed by atoms with Crippen molar-refractivity contribution in [1.82, 2.24) is 44.6 Å². The number of thiazole rings is 1. The van der Waals surface area contributed by atoms with Crippen molar-refractivity contribution in [2.45, 2.75) is 97.1 Å². The number of fused-ring (bicyclic) bond motifs is 1. The first kappa shape index (κ1) is 63.2. The monoisotopic (exact) mass is 1250 g/mol. The van der Waals surface area contributed by atoms with Crippen LogP contribution in [-0.4, -0.2) is 179 Å². The van der Waals surface area contributed by atoms with E-state index in [-0.39, 0.29) is 56.9 Å². The summed E-state index contributed by atoms with van der Waals surface area (Å²) in [5, 5.41) is 15.4. The molecule has 3 amide bonds. The number of nitrogens with zero attached hydrogens (tertiary/aromatic N) is 7. The lowest BCUT2D eigenvalue weighted by molar-refractivity contribution is -0.152. The number of hydrogen-bond donors (Lipinski definition) is 5. The van der Waals surface area contributed by atoms with E-state index in [1.165, 1.54) is 22.4 Å². The fraction of sp³-hybridized carbons (Fsp3) is 0.452. The van der Waals surface area contributed by atoms with Crippen molar-refractivity contribution < 1.29 is 60.2 Å². The number of pyridine rings is 1. The van der Waals surface area contributed by atoms with Crippen LogP contribution in [0.5, 0.6) is 0 Å². The van der Waals surface area contributed by atoms with Crippen LogP contribution < -0.4 is 20.3 Å². The van der Waals surface area contributed by atoms with Crippen LogP contribution in [0.2, 0.25) is 0 Å². The molecule has 0 aliphatic carbocycles. The van der Waals surface area contributed by atoms with E-state index in [2.05, 4.69) is 40.3 Å². The first-order chi connectivity index (χ1) is 42.0. The molecule has 5 N–H and O–H groups in total. The number of carbonyl (C=O) groups is 6. The number of anilines is 2. The van der Waals surface area contributed by atoms with Crippen molar-refractivity contribution in [3.05, 3.63) is 119 Å². The molecule has 0 saturated carbocycles. The Labute approximate surface area is 512 Å². The Morgan fingerprint density at radius 3 is 2.22 bits per heavy atom. The number of likely N-dealkylation sites (tertiary alicyclic amines) is 1. The number of benzene rings is 3. The van der Waals surface area contributed by atoms with Crippen molar-refractivity contribution in [1.29, 1.82) is 0 Å². The number of aromatic nitrogens is 3. The van der Waals surface area contributed by atoms with Gasteiger partial charge in [-0.05, 0) is 84.5 Å².